The van der Waals surface area contributed by atoms with E-state index >= 15 is 0 Å². The SMILES string of the molecule is Cc1c(-c2ccccc2)sc2ncn(CC(=O)N3c4ccccc4C[C@H]3C)c(=O)c12. The third-order valence-corrected chi connectivity index (χ3v) is 6.98. The highest BCUT2D eigenvalue weighted by Crippen LogP contribution is 2.35. The molecule has 30 heavy (non-hydrogen) atoms. The van der Waals surface area contributed by atoms with E-state index in [0.717, 1.165) is 28.1 Å². The van der Waals surface area contributed by atoms with E-state index in [4.69, 9.17) is 0 Å². The van der Waals surface area contributed by atoms with Crippen LogP contribution in [0.15, 0.2) is 65.7 Å². The molecule has 5 nitrogen and oxygen atoms in total. The van der Waals surface area contributed by atoms with Crippen molar-refractivity contribution in [3.63, 3.8) is 0 Å². The Morgan fingerprint density at radius 2 is 1.87 bits per heavy atom. The molecule has 0 saturated carbocycles. The summed E-state index contributed by atoms with van der Waals surface area (Å²) in [5.41, 5.74) is 3.93. The van der Waals surface area contributed by atoms with Gasteiger partial charge in [0.15, 0.2) is 0 Å². The van der Waals surface area contributed by atoms with E-state index in [9.17, 15) is 9.59 Å². The number of fused-ring (bicyclic) bond motifs is 2. The molecule has 0 fully saturated rings. The van der Waals surface area contributed by atoms with E-state index in [2.05, 4.69) is 11.1 Å². The highest BCUT2D eigenvalue weighted by Gasteiger charge is 2.30. The molecule has 0 spiro atoms. The lowest BCUT2D eigenvalue weighted by molar-refractivity contribution is -0.119. The predicted molar refractivity (Wildman–Crippen MR) is 121 cm³/mol. The van der Waals surface area contributed by atoms with Crippen molar-refractivity contribution in [3.8, 4) is 10.4 Å². The van der Waals surface area contributed by atoms with Crippen LogP contribution in [0.4, 0.5) is 5.69 Å². The normalized spacial score (nSPS) is 15.5. The fourth-order valence-electron chi connectivity index (χ4n) is 4.30. The van der Waals surface area contributed by atoms with E-state index in [1.165, 1.54) is 27.8 Å². The van der Waals surface area contributed by atoms with Gasteiger partial charge in [0.1, 0.15) is 11.4 Å². The Balaban J connectivity index is 1.52. The van der Waals surface area contributed by atoms with Gasteiger partial charge in [-0.3, -0.25) is 14.2 Å². The second-order valence-corrected chi connectivity index (χ2v) is 8.72. The second kappa shape index (κ2) is 7.22. The van der Waals surface area contributed by atoms with Gasteiger partial charge >= 0.3 is 0 Å². The van der Waals surface area contributed by atoms with Crippen LogP contribution in [0.5, 0.6) is 0 Å². The van der Waals surface area contributed by atoms with Crippen LogP contribution >= 0.6 is 11.3 Å². The molecule has 4 aromatic rings. The van der Waals surface area contributed by atoms with Crippen molar-refractivity contribution in [1.82, 2.24) is 9.55 Å². The maximum atomic E-state index is 13.2. The van der Waals surface area contributed by atoms with Crippen molar-refractivity contribution in [2.45, 2.75) is 32.9 Å². The van der Waals surface area contributed by atoms with Gasteiger partial charge in [-0.1, -0.05) is 48.5 Å². The first-order valence-corrected chi connectivity index (χ1v) is 10.8. The smallest absolute Gasteiger partial charge is 0.262 e. The molecule has 1 amide bonds. The van der Waals surface area contributed by atoms with Crippen LogP contribution in [0.1, 0.15) is 18.1 Å². The van der Waals surface area contributed by atoms with E-state index < -0.39 is 0 Å². The number of hydrogen-bond donors (Lipinski definition) is 0. The number of anilines is 1. The first-order valence-electron chi connectivity index (χ1n) is 9.98. The van der Waals surface area contributed by atoms with Crippen LogP contribution in [0.3, 0.4) is 0 Å². The van der Waals surface area contributed by atoms with Crippen LogP contribution in [-0.4, -0.2) is 21.5 Å². The molecule has 1 aliphatic rings. The molecule has 0 radical (unpaired) electrons. The van der Waals surface area contributed by atoms with E-state index in [1.807, 2.05) is 67.3 Å². The summed E-state index contributed by atoms with van der Waals surface area (Å²) in [7, 11) is 0. The highest BCUT2D eigenvalue weighted by atomic mass is 32.1. The van der Waals surface area contributed by atoms with Crippen LogP contribution in [-0.2, 0) is 17.8 Å². The Kier molecular flexibility index (Phi) is 4.51. The summed E-state index contributed by atoms with van der Waals surface area (Å²) in [5, 5.41) is 0.601. The summed E-state index contributed by atoms with van der Waals surface area (Å²) in [6.07, 6.45) is 2.33. The number of thiophene rings is 1. The van der Waals surface area contributed by atoms with Gasteiger partial charge < -0.3 is 4.90 Å². The lowest BCUT2D eigenvalue weighted by Crippen LogP contribution is -2.40. The molecule has 0 N–H and O–H groups in total. The van der Waals surface area contributed by atoms with Crippen LogP contribution < -0.4 is 10.5 Å². The van der Waals surface area contributed by atoms with Gasteiger partial charge in [0, 0.05) is 16.6 Å². The number of aromatic nitrogens is 2. The van der Waals surface area contributed by atoms with Crippen LogP contribution in [0.2, 0.25) is 0 Å². The molecule has 0 saturated heterocycles. The molecular formula is C24H21N3O2S. The average Bonchev–Trinajstić information content (AvgIpc) is 3.27. The number of para-hydroxylation sites is 1. The van der Waals surface area contributed by atoms with Crippen molar-refractivity contribution in [3.05, 3.63) is 82.4 Å². The lowest BCUT2D eigenvalue weighted by atomic mass is 10.1. The highest BCUT2D eigenvalue weighted by molar-refractivity contribution is 7.22. The number of benzene rings is 2. The Labute approximate surface area is 178 Å². The van der Waals surface area contributed by atoms with Gasteiger partial charge in [-0.2, -0.15) is 0 Å². The Hall–Kier alpha value is -3.25. The second-order valence-electron chi connectivity index (χ2n) is 7.73. The minimum absolute atomic E-state index is 0.0175. The molecule has 150 valence electrons. The van der Waals surface area contributed by atoms with Gasteiger partial charge in [0.05, 0.1) is 11.7 Å². The molecule has 0 bridgehead atoms. The Morgan fingerprint density at radius 3 is 2.67 bits per heavy atom. The molecular weight excluding hydrogens is 394 g/mol. The maximum absolute atomic E-state index is 13.2. The predicted octanol–water partition coefficient (Wildman–Crippen LogP) is 4.41. The van der Waals surface area contributed by atoms with E-state index in [-0.39, 0.29) is 24.1 Å². The quantitative estimate of drug-likeness (QED) is 0.498. The Bertz CT molecular complexity index is 1320. The van der Waals surface area contributed by atoms with Crippen molar-refractivity contribution in [2.75, 3.05) is 4.90 Å². The molecule has 5 rings (SSSR count). The zero-order valence-electron chi connectivity index (χ0n) is 16.8. The monoisotopic (exact) mass is 415 g/mol. The number of amides is 1. The van der Waals surface area contributed by atoms with Crippen molar-refractivity contribution >= 4 is 33.1 Å². The summed E-state index contributed by atoms with van der Waals surface area (Å²) < 4.78 is 1.44. The summed E-state index contributed by atoms with van der Waals surface area (Å²) in [6, 6.07) is 18.0. The lowest BCUT2D eigenvalue weighted by Gasteiger charge is -2.23. The molecule has 1 aliphatic heterocycles. The fourth-order valence-corrected chi connectivity index (χ4v) is 5.45. The zero-order valence-corrected chi connectivity index (χ0v) is 17.6. The average molecular weight is 416 g/mol. The van der Waals surface area contributed by atoms with Crippen molar-refractivity contribution < 1.29 is 4.79 Å². The molecule has 0 aliphatic carbocycles. The molecule has 6 heteroatoms. The number of nitrogens with zero attached hydrogens (tertiary/aromatic N) is 3. The minimum atomic E-state index is -0.163. The number of carbonyl (C=O) groups is 1. The molecule has 2 aromatic carbocycles. The number of aryl methyl sites for hydroxylation is 1. The number of rotatable bonds is 3. The number of hydrogen-bond acceptors (Lipinski definition) is 4. The topological polar surface area (TPSA) is 55.2 Å². The maximum Gasteiger partial charge on any atom is 0.262 e. The van der Waals surface area contributed by atoms with Crippen molar-refractivity contribution in [2.24, 2.45) is 0 Å². The first kappa shape index (κ1) is 18.8. The Morgan fingerprint density at radius 1 is 1.13 bits per heavy atom. The third-order valence-electron chi connectivity index (χ3n) is 5.73. The zero-order chi connectivity index (χ0) is 20.8. The first-order chi connectivity index (χ1) is 14.5. The van der Waals surface area contributed by atoms with Crippen molar-refractivity contribution in [1.29, 1.82) is 0 Å². The summed E-state index contributed by atoms with van der Waals surface area (Å²) >= 11 is 1.52. The van der Waals surface area contributed by atoms with Gasteiger partial charge in [-0.25, -0.2) is 4.98 Å². The summed E-state index contributed by atoms with van der Waals surface area (Å²) in [6.45, 7) is 3.98. The van der Waals surface area contributed by atoms with Gasteiger partial charge in [-0.05, 0) is 43.0 Å². The van der Waals surface area contributed by atoms with Gasteiger partial charge in [0.25, 0.3) is 5.56 Å². The largest absolute Gasteiger partial charge is 0.307 e. The molecule has 0 unspecified atom stereocenters. The molecule has 3 heterocycles. The molecule has 2 aromatic heterocycles. The standard InChI is InChI=1S/C24H21N3O2S/c1-15-12-18-10-6-7-11-19(18)27(15)20(28)13-26-14-25-23-21(24(26)29)16(2)22(30-23)17-8-4-3-5-9-17/h3-11,14-15H,12-13H2,1-2H3/t15-/m1/s1. The van der Waals surface area contributed by atoms with Crippen LogP contribution in [0.25, 0.3) is 20.7 Å². The van der Waals surface area contributed by atoms with Gasteiger partial charge in [0.2, 0.25) is 5.91 Å². The fraction of sp³-hybridized carbons (Fsp3) is 0.208. The van der Waals surface area contributed by atoms with E-state index in [0.29, 0.717) is 10.2 Å². The van der Waals surface area contributed by atoms with Gasteiger partial charge in [-0.15, -0.1) is 11.3 Å². The summed E-state index contributed by atoms with van der Waals surface area (Å²) in [4.78, 5) is 34.4. The summed E-state index contributed by atoms with van der Waals surface area (Å²) in [5.74, 6) is -0.0909. The third kappa shape index (κ3) is 2.95. The minimum Gasteiger partial charge on any atom is -0.307 e. The number of carbonyl (C=O) groups excluding carboxylic acids is 1. The van der Waals surface area contributed by atoms with Crippen LogP contribution in [0, 0.1) is 6.92 Å². The van der Waals surface area contributed by atoms with E-state index in [1.54, 1.807) is 0 Å². The molecule has 1 atom stereocenters.